The largest absolute Gasteiger partial charge is 0.337 e. The quantitative estimate of drug-likeness (QED) is 0.855. The Morgan fingerprint density at radius 2 is 1.91 bits per heavy atom. The number of rotatable bonds is 4. The van der Waals surface area contributed by atoms with Gasteiger partial charge in [0, 0.05) is 17.6 Å². The highest BCUT2D eigenvalue weighted by Gasteiger charge is 2.36. The minimum atomic E-state index is -0.312. The van der Waals surface area contributed by atoms with E-state index in [4.69, 9.17) is 0 Å². The molecule has 22 heavy (non-hydrogen) atoms. The van der Waals surface area contributed by atoms with E-state index in [0.29, 0.717) is 12.2 Å². The van der Waals surface area contributed by atoms with Crippen LogP contribution in [0.1, 0.15) is 31.2 Å². The minimum absolute atomic E-state index is 0.0696. The van der Waals surface area contributed by atoms with Crippen LogP contribution < -0.4 is 10.6 Å². The predicted octanol–water partition coefficient (Wildman–Crippen LogP) is 4.52. The van der Waals surface area contributed by atoms with Crippen molar-refractivity contribution in [2.45, 2.75) is 31.1 Å². The monoisotopic (exact) mass is 318 g/mol. The summed E-state index contributed by atoms with van der Waals surface area (Å²) in [4.78, 5) is 12.1. The van der Waals surface area contributed by atoms with Crippen LogP contribution >= 0.6 is 11.3 Å². The molecule has 0 radical (unpaired) electrons. The van der Waals surface area contributed by atoms with E-state index >= 15 is 0 Å². The Morgan fingerprint density at radius 3 is 2.55 bits per heavy atom. The van der Waals surface area contributed by atoms with E-state index in [0.717, 1.165) is 12.8 Å². The molecule has 0 spiro atoms. The maximum atomic E-state index is 12.9. The van der Waals surface area contributed by atoms with Crippen LogP contribution in [-0.2, 0) is 5.41 Å². The minimum Gasteiger partial charge on any atom is -0.337 e. The first-order valence-corrected chi connectivity index (χ1v) is 8.45. The van der Waals surface area contributed by atoms with E-state index in [2.05, 4.69) is 27.5 Å². The van der Waals surface area contributed by atoms with Crippen molar-refractivity contribution in [3.63, 3.8) is 0 Å². The fourth-order valence-corrected chi connectivity index (χ4v) is 3.92. The second-order valence-electron chi connectivity index (χ2n) is 5.81. The van der Waals surface area contributed by atoms with Crippen molar-refractivity contribution in [1.29, 1.82) is 0 Å². The summed E-state index contributed by atoms with van der Waals surface area (Å²) in [6.07, 6.45) is 4.63. The Hall–Kier alpha value is -1.88. The number of halogens is 1. The number of anilines is 1. The lowest BCUT2D eigenvalue weighted by Gasteiger charge is -2.28. The summed E-state index contributed by atoms with van der Waals surface area (Å²) in [7, 11) is 0. The van der Waals surface area contributed by atoms with Gasteiger partial charge in [0.05, 0.1) is 0 Å². The van der Waals surface area contributed by atoms with E-state index in [1.807, 2.05) is 0 Å². The second-order valence-corrected chi connectivity index (χ2v) is 6.59. The van der Waals surface area contributed by atoms with Crippen molar-refractivity contribution in [2.24, 2.45) is 0 Å². The average molecular weight is 318 g/mol. The van der Waals surface area contributed by atoms with Crippen LogP contribution in [0.3, 0.4) is 0 Å². The zero-order valence-corrected chi connectivity index (χ0v) is 13.1. The van der Waals surface area contributed by atoms with Gasteiger partial charge in [-0.2, -0.15) is 11.3 Å². The first-order valence-electron chi connectivity index (χ1n) is 7.51. The number of amides is 2. The standard InChI is InChI=1S/C17H19FN2OS/c18-14-3-5-15(6-4-14)20-16(21)19-12-17(8-1-2-9-17)13-7-10-22-11-13/h3-7,10-11H,1-2,8-9,12H2,(H2,19,20,21). The van der Waals surface area contributed by atoms with Gasteiger partial charge in [-0.05, 0) is 59.5 Å². The Labute approximate surface area is 133 Å². The number of urea groups is 1. The maximum absolute atomic E-state index is 12.9. The third kappa shape index (κ3) is 3.30. The van der Waals surface area contributed by atoms with Crippen LogP contribution in [0.2, 0.25) is 0 Å². The van der Waals surface area contributed by atoms with Crippen LogP contribution in [0.25, 0.3) is 0 Å². The number of carbonyl (C=O) groups is 1. The van der Waals surface area contributed by atoms with E-state index in [1.54, 1.807) is 23.5 Å². The summed E-state index contributed by atoms with van der Waals surface area (Å²) in [5.74, 6) is -0.312. The second kappa shape index (κ2) is 6.48. The van der Waals surface area contributed by atoms with Crippen molar-refractivity contribution < 1.29 is 9.18 Å². The van der Waals surface area contributed by atoms with Crippen LogP contribution in [0.15, 0.2) is 41.1 Å². The van der Waals surface area contributed by atoms with Crippen molar-refractivity contribution in [2.75, 3.05) is 11.9 Å². The Morgan fingerprint density at radius 1 is 1.18 bits per heavy atom. The first kappa shape index (κ1) is 15.0. The molecule has 1 saturated carbocycles. The molecule has 116 valence electrons. The molecule has 1 aliphatic rings. The molecule has 1 heterocycles. The highest BCUT2D eigenvalue weighted by molar-refractivity contribution is 7.08. The van der Waals surface area contributed by atoms with Gasteiger partial charge < -0.3 is 10.6 Å². The third-order valence-electron chi connectivity index (χ3n) is 4.38. The highest BCUT2D eigenvalue weighted by atomic mass is 32.1. The third-order valence-corrected chi connectivity index (χ3v) is 5.07. The lowest BCUT2D eigenvalue weighted by Crippen LogP contribution is -2.40. The maximum Gasteiger partial charge on any atom is 0.319 e. The molecule has 3 rings (SSSR count). The molecule has 3 nitrogen and oxygen atoms in total. The molecular weight excluding hydrogens is 299 g/mol. The molecule has 1 aromatic heterocycles. The normalized spacial score (nSPS) is 16.4. The molecular formula is C17H19FN2OS. The molecule has 1 aliphatic carbocycles. The van der Waals surface area contributed by atoms with Gasteiger partial charge in [-0.1, -0.05) is 12.8 Å². The predicted molar refractivity (Wildman–Crippen MR) is 87.9 cm³/mol. The van der Waals surface area contributed by atoms with E-state index in [-0.39, 0.29) is 17.3 Å². The van der Waals surface area contributed by atoms with Gasteiger partial charge in [-0.25, -0.2) is 9.18 Å². The smallest absolute Gasteiger partial charge is 0.319 e. The van der Waals surface area contributed by atoms with Crippen LogP contribution in [-0.4, -0.2) is 12.6 Å². The molecule has 0 atom stereocenters. The number of hydrogen-bond donors (Lipinski definition) is 2. The van der Waals surface area contributed by atoms with Gasteiger partial charge >= 0.3 is 6.03 Å². The van der Waals surface area contributed by atoms with Crippen molar-refractivity contribution in [1.82, 2.24) is 5.32 Å². The number of carbonyl (C=O) groups excluding carboxylic acids is 1. The fraction of sp³-hybridized carbons (Fsp3) is 0.353. The number of thiophene rings is 1. The van der Waals surface area contributed by atoms with Crippen LogP contribution in [0.4, 0.5) is 14.9 Å². The summed E-state index contributed by atoms with van der Waals surface area (Å²) in [6.45, 7) is 0.636. The molecule has 1 aromatic carbocycles. The van der Waals surface area contributed by atoms with E-state index in [1.165, 1.54) is 30.5 Å². The van der Waals surface area contributed by atoms with Crippen LogP contribution in [0.5, 0.6) is 0 Å². The number of hydrogen-bond acceptors (Lipinski definition) is 2. The van der Waals surface area contributed by atoms with Gasteiger partial charge in [0.2, 0.25) is 0 Å². The van der Waals surface area contributed by atoms with E-state index in [9.17, 15) is 9.18 Å². The van der Waals surface area contributed by atoms with Crippen LogP contribution in [0, 0.1) is 5.82 Å². The Kier molecular flexibility index (Phi) is 4.43. The molecule has 0 saturated heterocycles. The molecule has 0 unspecified atom stereocenters. The van der Waals surface area contributed by atoms with Crippen molar-refractivity contribution in [3.05, 3.63) is 52.5 Å². The summed E-state index contributed by atoms with van der Waals surface area (Å²) in [5, 5.41) is 10.00. The Balaban J connectivity index is 1.60. The lowest BCUT2D eigenvalue weighted by atomic mass is 9.80. The van der Waals surface area contributed by atoms with Gasteiger partial charge in [-0.15, -0.1) is 0 Å². The zero-order chi connectivity index (χ0) is 15.4. The molecule has 0 bridgehead atoms. The molecule has 5 heteroatoms. The van der Waals surface area contributed by atoms with E-state index < -0.39 is 0 Å². The molecule has 2 amide bonds. The summed E-state index contributed by atoms with van der Waals surface area (Å²) >= 11 is 1.70. The summed E-state index contributed by atoms with van der Waals surface area (Å²) in [6, 6.07) is 7.69. The summed E-state index contributed by atoms with van der Waals surface area (Å²) in [5.41, 5.74) is 1.99. The lowest BCUT2D eigenvalue weighted by molar-refractivity contribution is 0.248. The van der Waals surface area contributed by atoms with Gasteiger partial charge in [-0.3, -0.25) is 0 Å². The molecule has 2 aromatic rings. The Bertz CT molecular complexity index is 619. The number of nitrogens with one attached hydrogen (secondary N) is 2. The fourth-order valence-electron chi connectivity index (χ4n) is 3.14. The topological polar surface area (TPSA) is 41.1 Å². The van der Waals surface area contributed by atoms with Gasteiger partial charge in [0.1, 0.15) is 5.82 Å². The molecule has 2 N–H and O–H groups in total. The SMILES string of the molecule is O=C(NCC1(c2ccsc2)CCCC1)Nc1ccc(F)cc1. The summed E-state index contributed by atoms with van der Waals surface area (Å²) < 4.78 is 12.9. The molecule has 0 aliphatic heterocycles. The first-order chi connectivity index (χ1) is 10.7. The zero-order valence-electron chi connectivity index (χ0n) is 12.3. The van der Waals surface area contributed by atoms with Crippen molar-refractivity contribution in [3.8, 4) is 0 Å². The van der Waals surface area contributed by atoms with Gasteiger partial charge in [0.15, 0.2) is 0 Å². The average Bonchev–Trinajstić information content (AvgIpc) is 3.19. The van der Waals surface area contributed by atoms with Crippen molar-refractivity contribution >= 4 is 23.1 Å². The van der Waals surface area contributed by atoms with Gasteiger partial charge in [0.25, 0.3) is 0 Å². The number of benzene rings is 1. The molecule has 1 fully saturated rings. The highest BCUT2D eigenvalue weighted by Crippen LogP contribution is 2.41.